The molecule has 2 aromatic heterocycles. The Bertz CT molecular complexity index is 1060. The van der Waals surface area contributed by atoms with E-state index < -0.39 is 11.1 Å². The molecule has 0 bridgehead atoms. The number of thioether (sulfide) groups is 1. The summed E-state index contributed by atoms with van der Waals surface area (Å²) in [6, 6.07) is 4.38. The van der Waals surface area contributed by atoms with Crippen molar-refractivity contribution in [3.8, 4) is 10.6 Å². The number of imide groups is 1. The second-order valence-electron chi connectivity index (χ2n) is 8.39. The number of hydrogen-bond donors (Lipinski definition) is 2. The molecule has 2 aliphatic heterocycles. The quantitative estimate of drug-likeness (QED) is 0.474. The molecule has 2 amide bonds. The van der Waals surface area contributed by atoms with Crippen LogP contribution in [0.5, 0.6) is 0 Å². The van der Waals surface area contributed by atoms with E-state index in [0.29, 0.717) is 12.1 Å². The Hall–Kier alpha value is -2.27. The summed E-state index contributed by atoms with van der Waals surface area (Å²) < 4.78 is 2.09. The van der Waals surface area contributed by atoms with Crippen LogP contribution in [-0.4, -0.2) is 69.4 Å². The van der Waals surface area contributed by atoms with Gasteiger partial charge in [-0.05, 0) is 43.4 Å². The highest BCUT2D eigenvalue weighted by atomic mass is 32.2. The van der Waals surface area contributed by atoms with Crippen LogP contribution in [0.4, 0.5) is 4.79 Å². The molecule has 1 atom stereocenters. The van der Waals surface area contributed by atoms with Gasteiger partial charge in [0, 0.05) is 56.3 Å². The van der Waals surface area contributed by atoms with Crippen LogP contribution in [0.15, 0.2) is 29.3 Å². The highest BCUT2D eigenvalue weighted by molar-refractivity contribution is 8.18. The summed E-state index contributed by atoms with van der Waals surface area (Å²) in [6.07, 6.45) is 3.82. The molecule has 2 saturated heterocycles. The Morgan fingerprint density at radius 3 is 2.69 bits per heavy atom. The molecule has 0 aliphatic carbocycles. The maximum atomic E-state index is 11.7. The molecule has 32 heavy (non-hydrogen) atoms. The van der Waals surface area contributed by atoms with E-state index in [1.165, 1.54) is 15.8 Å². The van der Waals surface area contributed by atoms with Gasteiger partial charge >= 0.3 is 0 Å². The molecular weight excluding hydrogens is 444 g/mol. The zero-order chi connectivity index (χ0) is 22.8. The summed E-state index contributed by atoms with van der Waals surface area (Å²) in [5.41, 5.74) is 1.38. The number of thiophene rings is 1. The fraction of sp³-hybridized carbons (Fsp3) is 0.455. The molecule has 1 unspecified atom stereocenters. The van der Waals surface area contributed by atoms with Crippen LogP contribution in [0.25, 0.3) is 10.6 Å². The predicted octanol–water partition coefficient (Wildman–Crippen LogP) is 3.28. The number of nitrogens with one attached hydrogen (secondary N) is 2. The molecule has 2 aliphatic rings. The molecule has 2 N–H and O–H groups in total. The van der Waals surface area contributed by atoms with Crippen LogP contribution < -0.4 is 5.32 Å². The van der Waals surface area contributed by atoms with Gasteiger partial charge in [0.15, 0.2) is 0 Å². The first-order valence-corrected chi connectivity index (χ1v) is 12.3. The number of hydrogen-bond acceptors (Lipinski definition) is 8. The van der Waals surface area contributed by atoms with Gasteiger partial charge in [-0.15, -0.1) is 11.3 Å². The third-order valence-electron chi connectivity index (χ3n) is 5.83. The third kappa shape index (κ3) is 5.20. The number of piperazine rings is 1. The minimum Gasteiger partial charge on any atom is -0.330 e. The lowest BCUT2D eigenvalue weighted by Gasteiger charge is -2.31. The van der Waals surface area contributed by atoms with Gasteiger partial charge in [-0.2, -0.15) is 0 Å². The molecule has 0 spiro atoms. The summed E-state index contributed by atoms with van der Waals surface area (Å²) in [7, 11) is 4.18. The van der Waals surface area contributed by atoms with Gasteiger partial charge in [0.2, 0.25) is 0 Å². The number of allylic oxidation sites excluding steroid dienone is 1. The van der Waals surface area contributed by atoms with Gasteiger partial charge in [-0.1, -0.05) is 6.92 Å². The smallest absolute Gasteiger partial charge is 0.290 e. The predicted molar refractivity (Wildman–Crippen MR) is 129 cm³/mol. The highest BCUT2D eigenvalue weighted by Crippen LogP contribution is 2.31. The molecule has 4 rings (SSSR count). The Kier molecular flexibility index (Phi) is 6.94. The standard InChI is InChI=1S/C22H28N6O2S2/c1-14(10-15(23)11-19-21(29)25-22(30)32-19)20-24-12-17(27(20)3)18-5-4-16(31-18)13-28-8-6-26(2)7-9-28/h4-5,11-12,14,23H,6-10,13H2,1-3H3,(H,25,29,30)/b19-11-,23-15?. The summed E-state index contributed by atoms with van der Waals surface area (Å²) >= 11 is 2.65. The lowest BCUT2D eigenvalue weighted by molar-refractivity contribution is -0.115. The highest BCUT2D eigenvalue weighted by Gasteiger charge is 2.26. The van der Waals surface area contributed by atoms with Gasteiger partial charge < -0.3 is 14.9 Å². The molecule has 0 radical (unpaired) electrons. The summed E-state index contributed by atoms with van der Waals surface area (Å²) in [5.74, 6) is 0.478. The molecule has 4 heterocycles. The SMILES string of the molecule is CC(CC(=N)/C=C1\SC(=O)NC1=O)c1ncc(-c2ccc(CN3CCN(C)CC3)s2)n1C. The zero-order valence-electron chi connectivity index (χ0n) is 18.6. The molecule has 0 aromatic carbocycles. The van der Waals surface area contributed by atoms with E-state index >= 15 is 0 Å². The molecule has 10 heteroatoms. The van der Waals surface area contributed by atoms with Crippen molar-refractivity contribution in [2.24, 2.45) is 7.05 Å². The number of amides is 2. The van der Waals surface area contributed by atoms with Crippen molar-refractivity contribution in [3.63, 3.8) is 0 Å². The average molecular weight is 473 g/mol. The number of aromatic nitrogens is 2. The minimum absolute atomic E-state index is 0.00744. The number of likely N-dealkylation sites (N-methyl/N-ethyl adjacent to an activating group) is 1. The van der Waals surface area contributed by atoms with Crippen molar-refractivity contribution < 1.29 is 9.59 Å². The maximum Gasteiger partial charge on any atom is 0.290 e. The van der Waals surface area contributed by atoms with E-state index in [1.54, 1.807) is 0 Å². The fourth-order valence-electron chi connectivity index (χ4n) is 4.00. The molecule has 2 aromatic rings. The molecule has 8 nitrogen and oxygen atoms in total. The van der Waals surface area contributed by atoms with Gasteiger partial charge in [-0.3, -0.25) is 19.8 Å². The van der Waals surface area contributed by atoms with Crippen molar-refractivity contribution in [3.05, 3.63) is 40.0 Å². The van der Waals surface area contributed by atoms with Crippen LogP contribution in [0.3, 0.4) is 0 Å². The molecule has 170 valence electrons. The van der Waals surface area contributed by atoms with E-state index in [1.807, 2.05) is 31.5 Å². The van der Waals surface area contributed by atoms with Crippen molar-refractivity contribution in [1.82, 2.24) is 24.7 Å². The molecule has 2 fully saturated rings. The van der Waals surface area contributed by atoms with Gasteiger partial charge in [0.1, 0.15) is 5.82 Å². The third-order valence-corrected chi connectivity index (χ3v) is 7.73. The van der Waals surface area contributed by atoms with Crippen molar-refractivity contribution >= 4 is 40.0 Å². The van der Waals surface area contributed by atoms with E-state index in [4.69, 9.17) is 5.41 Å². The monoisotopic (exact) mass is 472 g/mol. The van der Waals surface area contributed by atoms with Crippen LogP contribution in [-0.2, 0) is 18.4 Å². The summed E-state index contributed by atoms with van der Waals surface area (Å²) in [6.45, 7) is 7.46. The lowest BCUT2D eigenvalue weighted by Crippen LogP contribution is -2.43. The van der Waals surface area contributed by atoms with Crippen LogP contribution in [0, 0.1) is 5.41 Å². The number of carbonyl (C=O) groups is 2. The maximum absolute atomic E-state index is 11.7. The van der Waals surface area contributed by atoms with E-state index in [0.717, 1.165) is 56.0 Å². The van der Waals surface area contributed by atoms with E-state index in [-0.39, 0.29) is 10.8 Å². The topological polar surface area (TPSA) is 94.3 Å². The Morgan fingerprint density at radius 2 is 2.00 bits per heavy atom. The van der Waals surface area contributed by atoms with Crippen LogP contribution in [0.1, 0.15) is 30.0 Å². The summed E-state index contributed by atoms with van der Waals surface area (Å²) in [4.78, 5) is 35.3. The Labute approximate surface area is 196 Å². The normalized spacial score (nSPS) is 20.2. The second kappa shape index (κ2) is 9.70. The number of imidazole rings is 1. The summed E-state index contributed by atoms with van der Waals surface area (Å²) in [5, 5.41) is 10.1. The lowest BCUT2D eigenvalue weighted by atomic mass is 10.0. The van der Waals surface area contributed by atoms with Crippen molar-refractivity contribution in [2.45, 2.75) is 25.8 Å². The van der Waals surface area contributed by atoms with Gasteiger partial charge in [0.25, 0.3) is 11.1 Å². The van der Waals surface area contributed by atoms with Crippen molar-refractivity contribution in [2.75, 3.05) is 33.2 Å². The molecular formula is C22H28N6O2S2. The first kappa shape index (κ1) is 22.9. The number of carbonyl (C=O) groups excluding carboxylic acids is 2. The Morgan fingerprint density at radius 1 is 1.25 bits per heavy atom. The minimum atomic E-state index is -0.429. The van der Waals surface area contributed by atoms with E-state index in [2.05, 4.69) is 43.8 Å². The Balaban J connectivity index is 1.40. The van der Waals surface area contributed by atoms with Gasteiger partial charge in [0.05, 0.1) is 21.7 Å². The van der Waals surface area contributed by atoms with E-state index in [9.17, 15) is 9.59 Å². The first-order chi connectivity index (χ1) is 15.3. The average Bonchev–Trinajstić information content (AvgIpc) is 3.42. The van der Waals surface area contributed by atoms with Gasteiger partial charge in [-0.25, -0.2) is 4.98 Å². The number of rotatable bonds is 7. The van der Waals surface area contributed by atoms with Crippen molar-refractivity contribution in [1.29, 1.82) is 5.41 Å². The second-order valence-corrected chi connectivity index (χ2v) is 10.6. The number of nitrogens with zero attached hydrogens (tertiary/aromatic N) is 4. The molecule has 0 saturated carbocycles. The van der Waals surface area contributed by atoms with Crippen LogP contribution in [0.2, 0.25) is 0 Å². The first-order valence-electron chi connectivity index (χ1n) is 10.6. The largest absolute Gasteiger partial charge is 0.330 e. The van der Waals surface area contributed by atoms with Crippen LogP contribution >= 0.6 is 23.1 Å². The fourth-order valence-corrected chi connectivity index (χ4v) is 5.78. The zero-order valence-corrected chi connectivity index (χ0v) is 20.2.